The van der Waals surface area contributed by atoms with Gasteiger partial charge in [0, 0.05) is 27.4 Å². The van der Waals surface area contributed by atoms with Crippen molar-refractivity contribution in [1.82, 2.24) is 0 Å². The molecule has 296 valence electrons. The van der Waals surface area contributed by atoms with Gasteiger partial charge in [0.15, 0.2) is 0 Å². The van der Waals surface area contributed by atoms with E-state index in [2.05, 4.69) is 198 Å². The van der Waals surface area contributed by atoms with E-state index < -0.39 is 0 Å². The number of hydrogen-bond acceptors (Lipinski definition) is 1. The SMILES string of the molecule is CC1CC2CC(C)C3(c4ccccc4-c4c(N(c5cccc6c5-c5ccc(-c7ccccc7)cc5C6(C)C)c5cccc6c5C(C)(C)c5ccccc5-6)cccc43)C(C1)C2. The molecule has 12 rings (SSSR count). The molecule has 60 heavy (non-hydrogen) atoms. The van der Waals surface area contributed by atoms with Gasteiger partial charge in [-0.15, -0.1) is 0 Å². The van der Waals surface area contributed by atoms with Crippen LogP contribution in [-0.4, -0.2) is 0 Å². The summed E-state index contributed by atoms with van der Waals surface area (Å²) in [4.78, 5) is 2.73. The minimum Gasteiger partial charge on any atom is -0.309 e. The van der Waals surface area contributed by atoms with E-state index in [1.54, 1.807) is 11.1 Å². The highest BCUT2D eigenvalue weighted by Gasteiger charge is 2.57. The Labute approximate surface area is 357 Å². The van der Waals surface area contributed by atoms with E-state index >= 15 is 0 Å². The maximum absolute atomic E-state index is 2.73. The average Bonchev–Trinajstić information content (AvgIpc) is 3.79. The smallest absolute Gasteiger partial charge is 0.0543 e. The van der Waals surface area contributed by atoms with Crippen molar-refractivity contribution in [3.63, 3.8) is 0 Å². The van der Waals surface area contributed by atoms with Gasteiger partial charge in [0.2, 0.25) is 0 Å². The van der Waals surface area contributed by atoms with Crippen LogP contribution in [0.2, 0.25) is 0 Å². The minimum atomic E-state index is -0.192. The molecular weight excluding hydrogens is 723 g/mol. The van der Waals surface area contributed by atoms with Crippen LogP contribution in [0.25, 0.3) is 44.5 Å². The van der Waals surface area contributed by atoms with E-state index in [1.807, 2.05) is 0 Å². The lowest BCUT2D eigenvalue weighted by atomic mass is 9.49. The summed E-state index contributed by atoms with van der Waals surface area (Å²) < 4.78 is 0. The van der Waals surface area contributed by atoms with Crippen molar-refractivity contribution in [1.29, 1.82) is 0 Å². The van der Waals surface area contributed by atoms with Crippen LogP contribution in [0.15, 0.2) is 152 Å². The molecule has 5 atom stereocenters. The molecule has 0 aromatic heterocycles. The lowest BCUT2D eigenvalue weighted by Gasteiger charge is -2.54. The monoisotopic (exact) mass is 777 g/mol. The fraction of sp³-hybridized carbons (Fsp3) is 0.288. The number of nitrogens with zero attached hydrogens (tertiary/aromatic N) is 1. The van der Waals surface area contributed by atoms with E-state index in [4.69, 9.17) is 0 Å². The molecule has 0 heterocycles. The predicted molar refractivity (Wildman–Crippen MR) is 252 cm³/mol. The van der Waals surface area contributed by atoms with Crippen LogP contribution in [-0.2, 0) is 16.2 Å². The van der Waals surface area contributed by atoms with Gasteiger partial charge in [-0.1, -0.05) is 169 Å². The molecule has 2 fully saturated rings. The van der Waals surface area contributed by atoms with Crippen LogP contribution in [0.4, 0.5) is 17.1 Å². The molecule has 7 aromatic rings. The molecule has 2 saturated carbocycles. The topological polar surface area (TPSA) is 3.24 Å². The molecule has 0 aliphatic heterocycles. The Morgan fingerprint density at radius 1 is 0.433 bits per heavy atom. The van der Waals surface area contributed by atoms with Gasteiger partial charge < -0.3 is 4.90 Å². The summed E-state index contributed by atoms with van der Waals surface area (Å²) in [6.07, 6.45) is 5.35. The van der Waals surface area contributed by atoms with Crippen molar-refractivity contribution in [2.24, 2.45) is 23.7 Å². The van der Waals surface area contributed by atoms with Crippen molar-refractivity contribution in [3.8, 4) is 44.5 Å². The van der Waals surface area contributed by atoms with Gasteiger partial charge in [-0.05, 0) is 140 Å². The first-order valence-corrected chi connectivity index (χ1v) is 22.7. The summed E-state index contributed by atoms with van der Waals surface area (Å²) in [6.45, 7) is 14.9. The van der Waals surface area contributed by atoms with Gasteiger partial charge in [-0.2, -0.15) is 0 Å². The molecule has 2 bridgehead atoms. The molecule has 0 saturated heterocycles. The Bertz CT molecular complexity index is 2890. The van der Waals surface area contributed by atoms with Gasteiger partial charge in [-0.25, -0.2) is 0 Å². The molecule has 7 aromatic carbocycles. The van der Waals surface area contributed by atoms with Crippen LogP contribution < -0.4 is 4.90 Å². The number of hydrogen-bond donors (Lipinski definition) is 0. The summed E-state index contributed by atoms with van der Waals surface area (Å²) in [7, 11) is 0. The summed E-state index contributed by atoms with van der Waals surface area (Å²) in [5.41, 5.74) is 23.1. The van der Waals surface area contributed by atoms with E-state index in [0.29, 0.717) is 11.8 Å². The summed E-state index contributed by atoms with van der Waals surface area (Å²) in [6, 6.07) is 58.6. The standard InChI is InChI=1S/C59H55N/c1-36-31-38-33-37(2)59(41(32-36)34-38)47-23-13-11-20-44(47)55-49(59)25-16-27-52(55)60(53-28-14-21-43-42-19-10-12-22-46(42)58(5,6)56(43)53)51-26-15-24-48-54(51)45-30-29-40(35-50(45)57(48,3)4)39-17-8-7-9-18-39/h7-30,35-38,41H,31-34H2,1-6H3. The first-order valence-electron chi connectivity index (χ1n) is 22.7. The molecule has 5 aliphatic rings. The van der Waals surface area contributed by atoms with Crippen LogP contribution >= 0.6 is 0 Å². The first kappa shape index (κ1) is 36.2. The van der Waals surface area contributed by atoms with Gasteiger partial charge >= 0.3 is 0 Å². The van der Waals surface area contributed by atoms with E-state index in [-0.39, 0.29) is 16.2 Å². The van der Waals surface area contributed by atoms with Gasteiger partial charge in [-0.3, -0.25) is 0 Å². The fourth-order valence-corrected chi connectivity index (χ4v) is 14.1. The number of benzene rings is 7. The Kier molecular flexibility index (Phi) is 7.65. The highest BCUT2D eigenvalue weighted by Crippen LogP contribution is 2.67. The summed E-state index contributed by atoms with van der Waals surface area (Å²) in [5.74, 6) is 2.82. The zero-order valence-corrected chi connectivity index (χ0v) is 36.0. The second-order valence-electron chi connectivity index (χ2n) is 20.3. The molecule has 1 nitrogen and oxygen atoms in total. The third-order valence-corrected chi connectivity index (χ3v) is 16.3. The van der Waals surface area contributed by atoms with Crippen molar-refractivity contribution in [3.05, 3.63) is 185 Å². The largest absolute Gasteiger partial charge is 0.309 e. The first-order chi connectivity index (χ1) is 29.1. The molecular formula is C59H55N. The lowest BCUT2D eigenvalue weighted by Crippen LogP contribution is -2.49. The second kappa shape index (κ2) is 12.7. The van der Waals surface area contributed by atoms with Crippen LogP contribution in [0, 0.1) is 23.7 Å². The van der Waals surface area contributed by atoms with Crippen molar-refractivity contribution in [2.45, 2.75) is 83.5 Å². The quantitative estimate of drug-likeness (QED) is 0.172. The van der Waals surface area contributed by atoms with Crippen LogP contribution in [0.3, 0.4) is 0 Å². The zero-order chi connectivity index (χ0) is 40.7. The Balaban J connectivity index is 1.16. The third-order valence-electron chi connectivity index (χ3n) is 16.3. The van der Waals surface area contributed by atoms with Crippen LogP contribution in [0.5, 0.6) is 0 Å². The summed E-state index contributed by atoms with van der Waals surface area (Å²) >= 11 is 0. The van der Waals surface area contributed by atoms with Crippen molar-refractivity contribution < 1.29 is 0 Å². The van der Waals surface area contributed by atoms with E-state index in [9.17, 15) is 0 Å². The Morgan fingerprint density at radius 3 is 1.82 bits per heavy atom. The number of rotatable bonds is 4. The second-order valence-corrected chi connectivity index (χ2v) is 20.3. The van der Waals surface area contributed by atoms with Gasteiger partial charge in [0.05, 0.1) is 17.1 Å². The number of anilines is 3. The van der Waals surface area contributed by atoms with Gasteiger partial charge in [0.1, 0.15) is 0 Å². The molecule has 1 heteroatoms. The third kappa shape index (κ3) is 4.70. The average molecular weight is 778 g/mol. The normalized spacial score (nSPS) is 24.2. The van der Waals surface area contributed by atoms with E-state index in [1.165, 1.54) is 110 Å². The van der Waals surface area contributed by atoms with Crippen molar-refractivity contribution in [2.75, 3.05) is 4.90 Å². The summed E-state index contributed by atoms with van der Waals surface area (Å²) in [5, 5.41) is 0. The highest BCUT2D eigenvalue weighted by atomic mass is 15.2. The predicted octanol–water partition coefficient (Wildman–Crippen LogP) is 15.8. The Hall–Kier alpha value is -5.66. The molecule has 0 amide bonds. The fourth-order valence-electron chi connectivity index (χ4n) is 14.1. The maximum Gasteiger partial charge on any atom is 0.0543 e. The van der Waals surface area contributed by atoms with E-state index in [0.717, 1.165) is 11.8 Å². The minimum absolute atomic E-state index is 0.00793. The van der Waals surface area contributed by atoms with Crippen molar-refractivity contribution >= 4 is 17.1 Å². The molecule has 0 N–H and O–H groups in total. The Morgan fingerprint density at radius 2 is 1.03 bits per heavy atom. The molecule has 0 radical (unpaired) electrons. The van der Waals surface area contributed by atoms with Crippen LogP contribution in [0.1, 0.15) is 101 Å². The number of fused-ring (bicyclic) bond motifs is 14. The zero-order valence-electron chi connectivity index (χ0n) is 36.0. The molecule has 1 spiro atoms. The maximum atomic E-state index is 2.73. The molecule has 5 aliphatic carbocycles. The van der Waals surface area contributed by atoms with Gasteiger partial charge in [0.25, 0.3) is 0 Å². The lowest BCUT2D eigenvalue weighted by molar-refractivity contribution is 0.0426. The highest BCUT2D eigenvalue weighted by molar-refractivity contribution is 6.02. The molecule has 5 unspecified atom stereocenters.